The molecule has 6 heteroatoms. The Labute approximate surface area is 107 Å². The van der Waals surface area contributed by atoms with Crippen molar-refractivity contribution in [2.75, 3.05) is 0 Å². The average molecular weight is 257 g/mol. The summed E-state index contributed by atoms with van der Waals surface area (Å²) in [4.78, 5) is 18.7. The van der Waals surface area contributed by atoms with Crippen LogP contribution < -0.4 is 0 Å². The number of aromatic amines is 1. The number of hydrogen-bond donors (Lipinski definition) is 1. The van der Waals surface area contributed by atoms with E-state index in [0.717, 1.165) is 0 Å². The lowest BCUT2D eigenvalue weighted by molar-refractivity contribution is 0.102. The van der Waals surface area contributed by atoms with Crippen LogP contribution in [0, 0.1) is 5.82 Å². The normalized spacial score (nSPS) is 10.6. The van der Waals surface area contributed by atoms with Gasteiger partial charge in [-0.1, -0.05) is 5.16 Å². The number of nitrogens with one attached hydrogen (secondary N) is 1. The number of halogens is 1. The molecule has 0 atom stereocenters. The minimum Gasteiger partial charge on any atom is -0.358 e. The van der Waals surface area contributed by atoms with E-state index in [2.05, 4.69) is 15.1 Å². The van der Waals surface area contributed by atoms with E-state index < -0.39 is 0 Å². The summed E-state index contributed by atoms with van der Waals surface area (Å²) >= 11 is 0. The Hall–Kier alpha value is -2.76. The SMILES string of the molecule is O=C(c1noc(-c2ccc(F)cc2)n1)c1ccc[nH]1. The molecule has 0 spiro atoms. The highest BCUT2D eigenvalue weighted by molar-refractivity contribution is 6.05. The number of carbonyl (C=O) groups is 1. The van der Waals surface area contributed by atoms with Gasteiger partial charge in [-0.05, 0) is 36.4 Å². The fraction of sp³-hybridized carbons (Fsp3) is 0. The first-order valence-corrected chi connectivity index (χ1v) is 5.52. The van der Waals surface area contributed by atoms with Crippen LogP contribution in [0.25, 0.3) is 11.5 Å². The van der Waals surface area contributed by atoms with Crippen LogP contribution in [0.2, 0.25) is 0 Å². The maximum absolute atomic E-state index is 12.8. The first-order chi connectivity index (χ1) is 9.24. The number of carbonyl (C=O) groups excluding carboxylic acids is 1. The predicted octanol–water partition coefficient (Wildman–Crippen LogP) is 2.43. The summed E-state index contributed by atoms with van der Waals surface area (Å²) in [6.45, 7) is 0. The van der Waals surface area contributed by atoms with Gasteiger partial charge < -0.3 is 9.51 Å². The largest absolute Gasteiger partial charge is 0.358 e. The first-order valence-electron chi connectivity index (χ1n) is 5.52. The highest BCUT2D eigenvalue weighted by Gasteiger charge is 2.17. The summed E-state index contributed by atoms with van der Waals surface area (Å²) in [6.07, 6.45) is 1.63. The van der Waals surface area contributed by atoms with Crippen molar-refractivity contribution in [2.24, 2.45) is 0 Å². The topological polar surface area (TPSA) is 71.8 Å². The summed E-state index contributed by atoms with van der Waals surface area (Å²) in [6, 6.07) is 8.90. The molecule has 0 bridgehead atoms. The highest BCUT2D eigenvalue weighted by Crippen LogP contribution is 2.18. The van der Waals surface area contributed by atoms with Crippen LogP contribution in [0.15, 0.2) is 47.1 Å². The lowest BCUT2D eigenvalue weighted by Crippen LogP contribution is -2.03. The van der Waals surface area contributed by atoms with E-state index in [4.69, 9.17) is 4.52 Å². The predicted molar refractivity (Wildman–Crippen MR) is 63.9 cm³/mol. The number of rotatable bonds is 3. The van der Waals surface area contributed by atoms with Gasteiger partial charge in [0.15, 0.2) is 0 Å². The van der Waals surface area contributed by atoms with Gasteiger partial charge in [0, 0.05) is 11.8 Å². The Bertz CT molecular complexity index is 702. The lowest BCUT2D eigenvalue weighted by atomic mass is 10.2. The second kappa shape index (κ2) is 4.49. The fourth-order valence-corrected chi connectivity index (χ4v) is 1.62. The second-order valence-corrected chi connectivity index (χ2v) is 3.84. The summed E-state index contributed by atoms with van der Waals surface area (Å²) in [5.41, 5.74) is 0.936. The Morgan fingerprint density at radius 3 is 2.68 bits per heavy atom. The molecule has 2 aromatic heterocycles. The van der Waals surface area contributed by atoms with Crippen LogP contribution in [0.5, 0.6) is 0 Å². The molecular weight excluding hydrogens is 249 g/mol. The van der Waals surface area contributed by atoms with Crippen molar-refractivity contribution in [3.63, 3.8) is 0 Å². The molecule has 3 rings (SSSR count). The van der Waals surface area contributed by atoms with E-state index >= 15 is 0 Å². The van der Waals surface area contributed by atoms with Crippen LogP contribution in [-0.4, -0.2) is 20.9 Å². The number of aromatic nitrogens is 3. The van der Waals surface area contributed by atoms with Gasteiger partial charge in [0.25, 0.3) is 5.89 Å². The molecule has 3 aromatic rings. The maximum Gasteiger partial charge on any atom is 0.258 e. The third kappa shape index (κ3) is 2.15. The monoisotopic (exact) mass is 257 g/mol. The van der Waals surface area contributed by atoms with Gasteiger partial charge >= 0.3 is 0 Å². The third-order valence-electron chi connectivity index (χ3n) is 2.56. The molecule has 0 aliphatic heterocycles. The van der Waals surface area contributed by atoms with Crippen LogP contribution in [0.3, 0.4) is 0 Å². The van der Waals surface area contributed by atoms with Crippen molar-refractivity contribution < 1.29 is 13.7 Å². The number of hydrogen-bond acceptors (Lipinski definition) is 4. The summed E-state index contributed by atoms with van der Waals surface area (Å²) < 4.78 is 17.8. The Morgan fingerprint density at radius 1 is 1.21 bits per heavy atom. The van der Waals surface area contributed by atoms with Gasteiger partial charge in [0.2, 0.25) is 11.6 Å². The van der Waals surface area contributed by atoms with Crippen LogP contribution in [0.4, 0.5) is 4.39 Å². The van der Waals surface area contributed by atoms with Gasteiger partial charge in [-0.2, -0.15) is 4.98 Å². The zero-order valence-electron chi connectivity index (χ0n) is 9.63. The molecule has 0 unspecified atom stereocenters. The Morgan fingerprint density at radius 2 is 2.00 bits per heavy atom. The molecule has 0 radical (unpaired) electrons. The van der Waals surface area contributed by atoms with Gasteiger partial charge in [-0.25, -0.2) is 4.39 Å². The van der Waals surface area contributed by atoms with E-state index in [0.29, 0.717) is 11.3 Å². The minimum atomic E-state index is -0.359. The molecule has 1 aromatic carbocycles. The molecule has 0 saturated carbocycles. The van der Waals surface area contributed by atoms with Crippen LogP contribution in [0.1, 0.15) is 16.3 Å². The number of nitrogens with zero attached hydrogens (tertiary/aromatic N) is 2. The van der Waals surface area contributed by atoms with Crippen molar-refractivity contribution in [1.82, 2.24) is 15.1 Å². The van der Waals surface area contributed by atoms with Gasteiger partial charge in [0.05, 0.1) is 5.69 Å². The molecule has 2 heterocycles. The molecule has 5 nitrogen and oxygen atoms in total. The van der Waals surface area contributed by atoms with E-state index in [9.17, 15) is 9.18 Å². The molecule has 0 aliphatic rings. The summed E-state index contributed by atoms with van der Waals surface area (Å²) in [7, 11) is 0. The lowest BCUT2D eigenvalue weighted by Gasteiger charge is -1.92. The first kappa shape index (κ1) is 11.3. The maximum atomic E-state index is 12.8. The van der Waals surface area contributed by atoms with Crippen molar-refractivity contribution in [1.29, 1.82) is 0 Å². The zero-order chi connectivity index (χ0) is 13.2. The van der Waals surface area contributed by atoms with Crippen molar-refractivity contribution in [3.8, 4) is 11.5 Å². The molecule has 19 heavy (non-hydrogen) atoms. The smallest absolute Gasteiger partial charge is 0.258 e. The van der Waals surface area contributed by atoms with Crippen LogP contribution >= 0.6 is 0 Å². The van der Waals surface area contributed by atoms with Crippen molar-refractivity contribution in [3.05, 3.63) is 59.9 Å². The third-order valence-corrected chi connectivity index (χ3v) is 2.56. The fourth-order valence-electron chi connectivity index (χ4n) is 1.62. The van der Waals surface area contributed by atoms with Gasteiger partial charge in [-0.3, -0.25) is 4.79 Å². The summed E-state index contributed by atoms with van der Waals surface area (Å²) in [5, 5.41) is 3.62. The molecular formula is C13H8FN3O2. The number of benzene rings is 1. The van der Waals surface area contributed by atoms with Crippen molar-refractivity contribution in [2.45, 2.75) is 0 Å². The molecule has 0 aliphatic carbocycles. The zero-order valence-corrected chi connectivity index (χ0v) is 9.63. The number of H-pyrrole nitrogens is 1. The minimum absolute atomic E-state index is 0.0400. The van der Waals surface area contributed by atoms with Crippen molar-refractivity contribution >= 4 is 5.78 Å². The molecule has 0 fully saturated rings. The molecule has 94 valence electrons. The second-order valence-electron chi connectivity index (χ2n) is 3.84. The average Bonchev–Trinajstić information content (AvgIpc) is 3.10. The van der Waals surface area contributed by atoms with Gasteiger partial charge in [-0.15, -0.1) is 0 Å². The molecule has 0 amide bonds. The van der Waals surface area contributed by atoms with Gasteiger partial charge in [0.1, 0.15) is 5.82 Å². The van der Waals surface area contributed by atoms with Crippen LogP contribution in [-0.2, 0) is 0 Å². The molecule has 0 saturated heterocycles. The molecule has 1 N–H and O–H groups in total. The van der Waals surface area contributed by atoms with E-state index in [-0.39, 0.29) is 23.3 Å². The highest BCUT2D eigenvalue weighted by atomic mass is 19.1. The Balaban J connectivity index is 1.91. The summed E-state index contributed by atoms with van der Waals surface area (Å²) in [5.74, 6) is -0.579. The van der Waals surface area contributed by atoms with E-state index in [1.807, 2.05) is 0 Å². The Kier molecular flexibility index (Phi) is 2.68. The van der Waals surface area contributed by atoms with E-state index in [1.54, 1.807) is 18.3 Å². The van der Waals surface area contributed by atoms with E-state index in [1.165, 1.54) is 24.3 Å². The quantitative estimate of drug-likeness (QED) is 0.731. The number of ketones is 1. The standard InChI is InChI=1S/C13H8FN3O2/c14-9-5-3-8(4-6-9)13-16-12(17-19-13)11(18)10-2-1-7-15-10/h1-7,15H.